The lowest BCUT2D eigenvalue weighted by Gasteiger charge is -2.03. The minimum atomic E-state index is 0.697. The lowest BCUT2D eigenvalue weighted by Crippen LogP contribution is -1.93. The lowest BCUT2D eigenvalue weighted by atomic mass is 10.2. The number of hydrogen-bond donors (Lipinski definition) is 0. The van der Waals surface area contributed by atoms with Gasteiger partial charge in [0.05, 0.1) is 6.21 Å². The molecule has 0 saturated carbocycles. The molecule has 4 nitrogen and oxygen atoms in total. The summed E-state index contributed by atoms with van der Waals surface area (Å²) in [6.45, 7) is 0. The number of hydrogen-bond acceptors (Lipinski definition) is 4. The molecule has 0 bridgehead atoms. The van der Waals surface area contributed by atoms with E-state index in [1.54, 1.807) is 17.2 Å². The molecule has 0 radical (unpaired) electrons. The Morgan fingerprint density at radius 2 is 1.87 bits per heavy atom. The molecule has 116 valence electrons. The van der Waals surface area contributed by atoms with Crippen LogP contribution in [0.1, 0.15) is 11.1 Å². The Labute approximate surface area is 148 Å². The third-order valence-electron chi connectivity index (χ3n) is 3.02. The fourth-order valence-corrected chi connectivity index (χ4v) is 3.10. The van der Waals surface area contributed by atoms with Crippen LogP contribution in [0.15, 0.2) is 65.1 Å². The Hall–Kier alpha value is -1.82. The zero-order valence-corrected chi connectivity index (χ0v) is 14.3. The van der Waals surface area contributed by atoms with Gasteiger partial charge in [-0.05, 0) is 29.3 Å². The van der Waals surface area contributed by atoms with E-state index in [2.05, 4.69) is 15.3 Å². The van der Waals surface area contributed by atoms with Crippen LogP contribution in [0, 0.1) is 0 Å². The molecule has 0 aliphatic carbocycles. The highest BCUT2D eigenvalue weighted by molar-refractivity contribution is 7.98. The van der Waals surface area contributed by atoms with Crippen LogP contribution in [0.2, 0.25) is 10.0 Å². The van der Waals surface area contributed by atoms with Crippen LogP contribution in [0.4, 0.5) is 0 Å². The molecule has 0 saturated heterocycles. The highest BCUT2D eigenvalue weighted by atomic mass is 35.5. The Morgan fingerprint density at radius 1 is 1.09 bits per heavy atom. The maximum absolute atomic E-state index is 6.16. The molecular formula is C16H12Cl2N4S. The van der Waals surface area contributed by atoms with E-state index in [1.807, 2.05) is 48.5 Å². The van der Waals surface area contributed by atoms with Gasteiger partial charge in [-0.3, -0.25) is 0 Å². The van der Waals surface area contributed by atoms with Crippen molar-refractivity contribution < 1.29 is 0 Å². The van der Waals surface area contributed by atoms with Crippen molar-refractivity contribution in [3.8, 4) is 0 Å². The number of halogens is 2. The normalized spacial score (nSPS) is 11.2. The molecule has 0 unspecified atom stereocenters. The molecule has 1 aromatic heterocycles. The van der Waals surface area contributed by atoms with Crippen molar-refractivity contribution in [2.45, 2.75) is 10.9 Å². The van der Waals surface area contributed by atoms with Gasteiger partial charge in [-0.1, -0.05) is 65.3 Å². The second-order valence-corrected chi connectivity index (χ2v) is 6.42. The van der Waals surface area contributed by atoms with Crippen molar-refractivity contribution >= 4 is 41.2 Å². The van der Waals surface area contributed by atoms with Gasteiger partial charge in [-0.25, -0.2) is 0 Å². The summed E-state index contributed by atoms with van der Waals surface area (Å²) >= 11 is 13.6. The smallest absolute Gasteiger partial charge is 0.195 e. The van der Waals surface area contributed by atoms with Crippen LogP contribution < -0.4 is 0 Å². The fraction of sp³-hybridized carbons (Fsp3) is 0.0625. The summed E-state index contributed by atoms with van der Waals surface area (Å²) in [7, 11) is 0. The monoisotopic (exact) mass is 362 g/mol. The molecule has 7 heteroatoms. The first-order valence-electron chi connectivity index (χ1n) is 6.78. The van der Waals surface area contributed by atoms with Gasteiger partial charge in [0.15, 0.2) is 0 Å². The molecule has 0 atom stereocenters. The Kier molecular flexibility index (Phi) is 5.33. The summed E-state index contributed by atoms with van der Waals surface area (Å²) in [4.78, 5) is 0. The number of thioether (sulfide) groups is 1. The first-order chi connectivity index (χ1) is 11.2. The van der Waals surface area contributed by atoms with Crippen LogP contribution in [-0.4, -0.2) is 21.1 Å². The summed E-state index contributed by atoms with van der Waals surface area (Å²) in [6.07, 6.45) is 3.31. The van der Waals surface area contributed by atoms with E-state index < -0.39 is 0 Å². The van der Waals surface area contributed by atoms with E-state index in [0.717, 1.165) is 16.1 Å². The maximum Gasteiger partial charge on any atom is 0.212 e. The van der Waals surface area contributed by atoms with Gasteiger partial charge >= 0.3 is 0 Å². The number of rotatable bonds is 5. The van der Waals surface area contributed by atoms with E-state index in [1.165, 1.54) is 11.8 Å². The Morgan fingerprint density at radius 3 is 2.65 bits per heavy atom. The highest BCUT2D eigenvalue weighted by Crippen LogP contribution is 2.25. The predicted octanol–water partition coefficient (Wildman–Crippen LogP) is 4.76. The molecule has 23 heavy (non-hydrogen) atoms. The summed E-state index contributed by atoms with van der Waals surface area (Å²) in [6, 6.07) is 15.2. The molecule has 3 rings (SSSR count). The third-order valence-corrected chi connectivity index (χ3v) is 4.62. The molecular weight excluding hydrogens is 351 g/mol. The van der Waals surface area contributed by atoms with Gasteiger partial charge in [0.25, 0.3) is 0 Å². The molecule has 2 aromatic carbocycles. The van der Waals surface area contributed by atoms with Gasteiger partial charge in [0.2, 0.25) is 5.16 Å². The quantitative estimate of drug-likeness (QED) is 0.485. The highest BCUT2D eigenvalue weighted by Gasteiger charge is 2.06. The van der Waals surface area contributed by atoms with Gasteiger partial charge < -0.3 is 0 Å². The molecule has 1 heterocycles. The average molecular weight is 363 g/mol. The third kappa shape index (κ3) is 4.34. The molecule has 0 aliphatic rings. The zero-order chi connectivity index (χ0) is 16.1. The Balaban J connectivity index is 1.70. The van der Waals surface area contributed by atoms with Crippen LogP contribution in [0.25, 0.3) is 0 Å². The van der Waals surface area contributed by atoms with Crippen molar-refractivity contribution in [2.24, 2.45) is 5.10 Å². The predicted molar refractivity (Wildman–Crippen MR) is 95.5 cm³/mol. The van der Waals surface area contributed by atoms with Crippen molar-refractivity contribution in [2.75, 3.05) is 0 Å². The van der Waals surface area contributed by atoms with Crippen LogP contribution in [0.3, 0.4) is 0 Å². The van der Waals surface area contributed by atoms with Crippen LogP contribution >= 0.6 is 35.0 Å². The van der Waals surface area contributed by atoms with E-state index in [0.29, 0.717) is 15.9 Å². The second-order valence-electron chi connectivity index (χ2n) is 4.63. The molecule has 0 aliphatic heterocycles. The molecule has 0 amide bonds. The summed E-state index contributed by atoms with van der Waals surface area (Å²) < 4.78 is 1.64. The zero-order valence-electron chi connectivity index (χ0n) is 11.9. The maximum atomic E-state index is 6.16. The average Bonchev–Trinajstić information content (AvgIpc) is 3.01. The van der Waals surface area contributed by atoms with Crippen molar-refractivity contribution in [1.29, 1.82) is 0 Å². The van der Waals surface area contributed by atoms with E-state index in [9.17, 15) is 0 Å². The van der Waals surface area contributed by atoms with Crippen LogP contribution in [-0.2, 0) is 5.75 Å². The Bertz CT molecular complexity index is 815. The summed E-state index contributed by atoms with van der Waals surface area (Å²) in [5.41, 5.74) is 2.00. The van der Waals surface area contributed by atoms with E-state index in [4.69, 9.17) is 23.2 Å². The van der Waals surface area contributed by atoms with Crippen molar-refractivity contribution in [3.05, 3.63) is 76.0 Å². The SMILES string of the molecule is Clc1ccc(/C=N\n2cnnc2SCc2ccccc2Cl)cc1. The molecule has 0 fully saturated rings. The standard InChI is InChI=1S/C16H12Cl2N4S/c17-14-7-5-12(6-8-14)9-20-22-11-19-21-16(22)23-10-13-3-1-2-4-15(13)18/h1-9,11H,10H2/b20-9-. The van der Waals surface area contributed by atoms with Crippen molar-refractivity contribution in [1.82, 2.24) is 14.9 Å². The number of aromatic nitrogens is 3. The van der Waals surface area contributed by atoms with Gasteiger partial charge in [-0.2, -0.15) is 9.78 Å². The van der Waals surface area contributed by atoms with Gasteiger partial charge in [-0.15, -0.1) is 10.2 Å². The van der Waals surface area contributed by atoms with Gasteiger partial charge in [0, 0.05) is 15.8 Å². The summed E-state index contributed by atoms with van der Waals surface area (Å²) in [5, 5.41) is 14.5. The van der Waals surface area contributed by atoms with Crippen molar-refractivity contribution in [3.63, 3.8) is 0 Å². The molecule has 0 N–H and O–H groups in total. The fourth-order valence-electron chi connectivity index (χ4n) is 1.83. The number of benzene rings is 2. The number of nitrogens with zero attached hydrogens (tertiary/aromatic N) is 4. The first-order valence-corrected chi connectivity index (χ1v) is 8.53. The molecule has 3 aromatic rings. The molecule has 0 spiro atoms. The minimum Gasteiger partial charge on any atom is -0.195 e. The van der Waals surface area contributed by atoms with Crippen LogP contribution in [0.5, 0.6) is 0 Å². The summed E-state index contributed by atoms with van der Waals surface area (Å²) in [5.74, 6) is 0.703. The topological polar surface area (TPSA) is 43.1 Å². The second kappa shape index (κ2) is 7.64. The largest absolute Gasteiger partial charge is 0.212 e. The van der Waals surface area contributed by atoms with E-state index in [-0.39, 0.29) is 0 Å². The van der Waals surface area contributed by atoms with Gasteiger partial charge in [0.1, 0.15) is 6.33 Å². The van der Waals surface area contributed by atoms with E-state index >= 15 is 0 Å². The first kappa shape index (κ1) is 16.1. The lowest BCUT2D eigenvalue weighted by molar-refractivity contribution is 0.767. The minimum absolute atomic E-state index is 0.697.